The topological polar surface area (TPSA) is 140 Å². The van der Waals surface area contributed by atoms with Gasteiger partial charge in [0.05, 0.1) is 6.54 Å². The number of amides is 1. The van der Waals surface area contributed by atoms with Crippen LogP contribution < -0.4 is 11.1 Å². The number of nitrogens with one attached hydrogen (secondary N) is 2. The zero-order chi connectivity index (χ0) is 20.4. The summed E-state index contributed by atoms with van der Waals surface area (Å²) in [6, 6.07) is 7.36. The summed E-state index contributed by atoms with van der Waals surface area (Å²) in [5.74, 6) is 1.70. The molecule has 0 saturated carbocycles. The summed E-state index contributed by atoms with van der Waals surface area (Å²) < 4.78 is 1.69. The number of carbonyl (C=O) groups excluding carboxylic acids is 1. The molecule has 0 aliphatic carbocycles. The molecule has 29 heavy (non-hydrogen) atoms. The molecule has 0 bridgehead atoms. The highest BCUT2D eigenvalue weighted by molar-refractivity contribution is 5.91. The molecule has 0 fully saturated rings. The van der Waals surface area contributed by atoms with Crippen molar-refractivity contribution in [2.45, 2.75) is 33.2 Å². The zero-order valence-corrected chi connectivity index (χ0v) is 16.2. The first-order chi connectivity index (χ1) is 14.0. The lowest BCUT2D eigenvalue weighted by Gasteiger charge is -2.10. The predicted molar refractivity (Wildman–Crippen MR) is 107 cm³/mol. The van der Waals surface area contributed by atoms with Crippen LogP contribution >= 0.6 is 0 Å². The van der Waals surface area contributed by atoms with Gasteiger partial charge in [0.25, 0.3) is 5.78 Å². The number of nitrogens with zero attached hydrogens (tertiary/aromatic N) is 6. The minimum Gasteiger partial charge on any atom is -0.326 e. The van der Waals surface area contributed by atoms with Crippen molar-refractivity contribution in [3.05, 3.63) is 53.4 Å². The molecule has 0 radical (unpaired) electrons. The maximum atomic E-state index is 12.4. The number of hydrogen-bond donors (Lipinski definition) is 3. The number of hydrogen-bond acceptors (Lipinski definition) is 7. The summed E-state index contributed by atoms with van der Waals surface area (Å²) in [5, 5.41) is 14.0. The average Bonchev–Trinajstić information content (AvgIpc) is 3.37. The number of carbonyl (C=O) groups is 1. The number of aromatic amines is 1. The van der Waals surface area contributed by atoms with Crippen LogP contribution in [0.4, 0.5) is 5.69 Å². The van der Waals surface area contributed by atoms with Gasteiger partial charge in [-0.05, 0) is 50.1 Å². The summed E-state index contributed by atoms with van der Waals surface area (Å²) in [5.41, 5.74) is 9.92. The van der Waals surface area contributed by atoms with Gasteiger partial charge in [0.1, 0.15) is 12.2 Å². The van der Waals surface area contributed by atoms with Crippen molar-refractivity contribution in [1.82, 2.24) is 34.8 Å². The quantitative estimate of drug-likeness (QED) is 0.453. The second kappa shape index (κ2) is 7.76. The fourth-order valence-electron chi connectivity index (χ4n) is 3.20. The van der Waals surface area contributed by atoms with Crippen LogP contribution in [0.25, 0.3) is 17.2 Å². The Morgan fingerprint density at radius 3 is 2.72 bits per heavy atom. The summed E-state index contributed by atoms with van der Waals surface area (Å²) in [4.78, 5) is 25.3. The van der Waals surface area contributed by atoms with E-state index in [1.54, 1.807) is 4.52 Å². The molecule has 1 amide bonds. The lowest BCUT2D eigenvalue weighted by Crippen LogP contribution is -2.14. The summed E-state index contributed by atoms with van der Waals surface area (Å²) in [6.07, 6.45) is 2.39. The molecule has 0 spiro atoms. The van der Waals surface area contributed by atoms with E-state index in [4.69, 9.17) is 5.73 Å². The maximum Gasteiger partial charge on any atom is 0.252 e. The van der Waals surface area contributed by atoms with Crippen LogP contribution in [0.3, 0.4) is 0 Å². The Morgan fingerprint density at radius 2 is 2.00 bits per heavy atom. The van der Waals surface area contributed by atoms with Crippen LogP contribution in [0.1, 0.15) is 29.2 Å². The Morgan fingerprint density at radius 1 is 1.21 bits per heavy atom. The molecular weight excluding hydrogens is 370 g/mol. The number of nitrogens with two attached hydrogens (primary N) is 1. The van der Waals surface area contributed by atoms with Gasteiger partial charge in [0.2, 0.25) is 5.91 Å². The molecule has 1 aromatic carbocycles. The van der Waals surface area contributed by atoms with E-state index in [0.29, 0.717) is 42.5 Å². The molecule has 4 aromatic rings. The van der Waals surface area contributed by atoms with Crippen molar-refractivity contribution in [1.29, 1.82) is 0 Å². The predicted octanol–water partition coefficient (Wildman–Crippen LogP) is 1.56. The third kappa shape index (κ3) is 3.83. The number of H-pyrrole nitrogens is 1. The summed E-state index contributed by atoms with van der Waals surface area (Å²) in [7, 11) is 0. The Bertz CT molecular complexity index is 1160. The molecule has 148 valence electrons. The lowest BCUT2D eigenvalue weighted by molar-refractivity contribution is -0.116. The monoisotopic (exact) mass is 391 g/mol. The van der Waals surface area contributed by atoms with Crippen LogP contribution in [-0.4, -0.2) is 40.7 Å². The van der Waals surface area contributed by atoms with Crippen LogP contribution in [-0.2, 0) is 17.8 Å². The Kier molecular flexibility index (Phi) is 5.00. The summed E-state index contributed by atoms with van der Waals surface area (Å²) >= 11 is 0. The molecule has 3 aromatic heterocycles. The lowest BCUT2D eigenvalue weighted by atomic mass is 10.1. The van der Waals surface area contributed by atoms with E-state index < -0.39 is 0 Å². The Hall–Kier alpha value is -3.66. The normalized spacial score (nSPS) is 11.1. The third-order valence-electron chi connectivity index (χ3n) is 4.74. The van der Waals surface area contributed by atoms with Gasteiger partial charge in [-0.3, -0.25) is 9.89 Å². The highest BCUT2D eigenvalue weighted by atomic mass is 16.1. The van der Waals surface area contributed by atoms with Crippen molar-refractivity contribution < 1.29 is 4.79 Å². The SMILES string of the molecule is Cc1nc2ncnn2c(C)c1CCC(=O)Nc1ccc(-c2n[nH]c(CN)n2)cc1. The smallest absolute Gasteiger partial charge is 0.252 e. The number of rotatable bonds is 6. The molecule has 0 aliphatic heterocycles. The molecule has 0 atom stereocenters. The molecule has 0 aliphatic rings. The van der Waals surface area contributed by atoms with Gasteiger partial charge < -0.3 is 11.1 Å². The first-order valence-corrected chi connectivity index (χ1v) is 9.22. The molecule has 3 heterocycles. The number of aryl methyl sites for hydroxylation is 2. The maximum absolute atomic E-state index is 12.4. The molecule has 4 rings (SSSR count). The molecule has 10 nitrogen and oxygen atoms in total. The van der Waals surface area contributed by atoms with Crippen LogP contribution in [0.5, 0.6) is 0 Å². The van der Waals surface area contributed by atoms with E-state index in [-0.39, 0.29) is 5.91 Å². The minimum absolute atomic E-state index is 0.0708. The van der Waals surface area contributed by atoms with Crippen LogP contribution in [0.15, 0.2) is 30.6 Å². The van der Waals surface area contributed by atoms with Gasteiger partial charge in [-0.25, -0.2) is 14.5 Å². The number of aromatic nitrogens is 7. The largest absolute Gasteiger partial charge is 0.326 e. The highest BCUT2D eigenvalue weighted by Gasteiger charge is 2.13. The van der Waals surface area contributed by atoms with Gasteiger partial charge in [-0.2, -0.15) is 15.2 Å². The third-order valence-corrected chi connectivity index (χ3v) is 4.74. The van der Waals surface area contributed by atoms with Crippen LogP contribution in [0, 0.1) is 13.8 Å². The molecule has 0 unspecified atom stereocenters. The van der Waals surface area contributed by atoms with E-state index in [2.05, 4.69) is 35.6 Å². The van der Waals surface area contributed by atoms with E-state index >= 15 is 0 Å². The zero-order valence-electron chi connectivity index (χ0n) is 16.2. The van der Waals surface area contributed by atoms with E-state index in [1.807, 2.05) is 38.1 Å². The first-order valence-electron chi connectivity index (χ1n) is 9.22. The van der Waals surface area contributed by atoms with Gasteiger partial charge in [0, 0.05) is 29.1 Å². The molecule has 10 heteroatoms. The Labute approximate surface area is 166 Å². The highest BCUT2D eigenvalue weighted by Crippen LogP contribution is 2.19. The Balaban J connectivity index is 1.40. The second-order valence-corrected chi connectivity index (χ2v) is 6.67. The molecule has 0 saturated heterocycles. The first kappa shape index (κ1) is 18.7. The fraction of sp³-hybridized carbons (Fsp3) is 0.263. The van der Waals surface area contributed by atoms with E-state index in [0.717, 1.165) is 22.5 Å². The van der Waals surface area contributed by atoms with Gasteiger partial charge in [0.15, 0.2) is 5.82 Å². The van der Waals surface area contributed by atoms with Crippen molar-refractivity contribution in [3.8, 4) is 11.4 Å². The minimum atomic E-state index is -0.0708. The van der Waals surface area contributed by atoms with Crippen molar-refractivity contribution in [2.75, 3.05) is 5.32 Å². The van der Waals surface area contributed by atoms with Gasteiger partial charge in [-0.1, -0.05) is 0 Å². The number of benzene rings is 1. The number of anilines is 1. The summed E-state index contributed by atoms with van der Waals surface area (Å²) in [6.45, 7) is 4.19. The standard InChI is InChI=1S/C19H21N9O/c1-11-15(12(2)28-19(23-11)21-10-22-28)7-8-17(29)24-14-5-3-13(4-6-14)18-25-16(9-20)26-27-18/h3-6,10H,7-9,20H2,1-2H3,(H,24,29)(H,25,26,27). The van der Waals surface area contributed by atoms with Crippen molar-refractivity contribution in [2.24, 2.45) is 5.73 Å². The second-order valence-electron chi connectivity index (χ2n) is 6.67. The molecule has 4 N–H and O–H groups in total. The van der Waals surface area contributed by atoms with Crippen molar-refractivity contribution in [3.63, 3.8) is 0 Å². The van der Waals surface area contributed by atoms with E-state index in [9.17, 15) is 4.79 Å². The number of fused-ring (bicyclic) bond motifs is 1. The van der Waals surface area contributed by atoms with E-state index in [1.165, 1.54) is 6.33 Å². The fourth-order valence-corrected chi connectivity index (χ4v) is 3.20. The average molecular weight is 391 g/mol. The van der Waals surface area contributed by atoms with Gasteiger partial charge in [-0.15, -0.1) is 0 Å². The molecular formula is C19H21N9O. The van der Waals surface area contributed by atoms with Gasteiger partial charge >= 0.3 is 0 Å². The van der Waals surface area contributed by atoms with Crippen molar-refractivity contribution >= 4 is 17.4 Å². The van der Waals surface area contributed by atoms with Crippen LogP contribution in [0.2, 0.25) is 0 Å².